The van der Waals surface area contributed by atoms with Crippen molar-refractivity contribution in [1.82, 2.24) is 0 Å². The van der Waals surface area contributed by atoms with Gasteiger partial charge in [-0.05, 0) is 18.9 Å². The van der Waals surface area contributed by atoms with Gasteiger partial charge in [-0.15, -0.1) is 0 Å². The summed E-state index contributed by atoms with van der Waals surface area (Å²) in [6.45, 7) is 0. The minimum absolute atomic E-state index is 0.309. The van der Waals surface area contributed by atoms with Crippen LogP contribution in [0.4, 0.5) is 4.39 Å². The highest BCUT2D eigenvalue weighted by Gasteiger charge is 2.19. The van der Waals surface area contributed by atoms with Crippen LogP contribution in [0, 0.1) is 11.5 Å². The monoisotopic (exact) mass is 127 g/mol. The van der Waals surface area contributed by atoms with E-state index in [1.54, 1.807) is 0 Å². The zero-order valence-electron chi connectivity index (χ0n) is 4.80. The molecule has 2 nitrogen and oxygen atoms in total. The zero-order valence-corrected chi connectivity index (χ0v) is 4.80. The quantitative estimate of drug-likeness (QED) is 0.500. The molecule has 0 aromatic heterocycles. The standard InChI is InChI=1S/C6H6FNO/c7-5-2-1-3-6(5)9-4-8/h2,6H,1,3H2. The summed E-state index contributed by atoms with van der Waals surface area (Å²) in [6.07, 6.45) is 3.59. The van der Waals surface area contributed by atoms with Crippen LogP contribution < -0.4 is 0 Å². The molecular weight excluding hydrogens is 121 g/mol. The fraction of sp³-hybridized carbons (Fsp3) is 0.500. The summed E-state index contributed by atoms with van der Waals surface area (Å²) in [4.78, 5) is 0. The maximum absolute atomic E-state index is 12.4. The lowest BCUT2D eigenvalue weighted by Crippen LogP contribution is -2.04. The molecule has 0 heterocycles. The first kappa shape index (κ1) is 6.09. The summed E-state index contributed by atoms with van der Waals surface area (Å²) in [7, 11) is 0. The molecule has 1 aliphatic carbocycles. The van der Waals surface area contributed by atoms with Crippen molar-refractivity contribution < 1.29 is 9.13 Å². The maximum atomic E-state index is 12.4. The van der Waals surface area contributed by atoms with Crippen LogP contribution in [0.25, 0.3) is 0 Å². The van der Waals surface area contributed by atoms with Crippen molar-refractivity contribution in [2.75, 3.05) is 0 Å². The van der Waals surface area contributed by atoms with E-state index in [4.69, 9.17) is 5.26 Å². The molecule has 3 heteroatoms. The van der Waals surface area contributed by atoms with Gasteiger partial charge in [0.25, 0.3) is 6.26 Å². The van der Waals surface area contributed by atoms with Crippen LogP contribution in [0.15, 0.2) is 11.9 Å². The van der Waals surface area contributed by atoms with Crippen molar-refractivity contribution >= 4 is 0 Å². The zero-order chi connectivity index (χ0) is 6.69. The molecular formula is C6H6FNO. The number of hydrogen-bond donors (Lipinski definition) is 0. The van der Waals surface area contributed by atoms with Crippen molar-refractivity contribution in [1.29, 1.82) is 5.26 Å². The van der Waals surface area contributed by atoms with E-state index in [0.29, 0.717) is 12.8 Å². The second kappa shape index (κ2) is 2.49. The molecule has 0 aliphatic heterocycles. The molecule has 48 valence electrons. The topological polar surface area (TPSA) is 33.0 Å². The molecule has 0 saturated carbocycles. The third-order valence-electron chi connectivity index (χ3n) is 1.27. The fourth-order valence-corrected chi connectivity index (χ4v) is 0.821. The van der Waals surface area contributed by atoms with E-state index in [0.717, 1.165) is 0 Å². The number of hydrogen-bond acceptors (Lipinski definition) is 2. The Kier molecular flexibility index (Phi) is 1.69. The molecule has 0 saturated heterocycles. The second-order valence-electron chi connectivity index (χ2n) is 1.86. The Bertz CT molecular complexity index is 170. The van der Waals surface area contributed by atoms with Gasteiger partial charge in [-0.1, -0.05) is 0 Å². The van der Waals surface area contributed by atoms with Crippen LogP contribution in [-0.4, -0.2) is 6.10 Å². The van der Waals surface area contributed by atoms with E-state index < -0.39 is 6.10 Å². The van der Waals surface area contributed by atoms with E-state index in [2.05, 4.69) is 4.74 Å². The molecule has 1 atom stereocenters. The summed E-state index contributed by atoms with van der Waals surface area (Å²) in [5.74, 6) is -0.309. The summed E-state index contributed by atoms with van der Waals surface area (Å²) in [6, 6.07) is 0. The van der Waals surface area contributed by atoms with Gasteiger partial charge in [-0.25, -0.2) is 4.39 Å². The highest BCUT2D eigenvalue weighted by Crippen LogP contribution is 2.21. The van der Waals surface area contributed by atoms with Gasteiger partial charge in [-0.2, -0.15) is 5.26 Å². The van der Waals surface area contributed by atoms with Crippen molar-refractivity contribution in [2.24, 2.45) is 0 Å². The SMILES string of the molecule is N#COC1CCC=C1F. The Balaban J connectivity index is 2.45. The summed E-state index contributed by atoms with van der Waals surface area (Å²) in [5.41, 5.74) is 0. The van der Waals surface area contributed by atoms with E-state index in [1.165, 1.54) is 12.3 Å². The van der Waals surface area contributed by atoms with Gasteiger partial charge < -0.3 is 4.74 Å². The lowest BCUT2D eigenvalue weighted by Gasteiger charge is -2.02. The van der Waals surface area contributed by atoms with Crippen LogP contribution in [-0.2, 0) is 4.74 Å². The number of halogens is 1. The average molecular weight is 127 g/mol. The Morgan fingerprint density at radius 3 is 3.11 bits per heavy atom. The average Bonchev–Trinajstić information content (AvgIpc) is 2.18. The van der Waals surface area contributed by atoms with E-state index in [9.17, 15) is 4.39 Å². The predicted octanol–water partition coefficient (Wildman–Crippen LogP) is 1.50. The van der Waals surface area contributed by atoms with Gasteiger partial charge >= 0.3 is 0 Å². The third-order valence-corrected chi connectivity index (χ3v) is 1.27. The van der Waals surface area contributed by atoms with Crippen LogP contribution >= 0.6 is 0 Å². The highest BCUT2D eigenvalue weighted by atomic mass is 19.1. The number of nitriles is 1. The smallest absolute Gasteiger partial charge is 0.287 e. The van der Waals surface area contributed by atoms with Crippen LogP contribution in [0.3, 0.4) is 0 Å². The first-order chi connectivity index (χ1) is 4.34. The largest absolute Gasteiger partial charge is 0.417 e. The maximum Gasteiger partial charge on any atom is 0.287 e. The van der Waals surface area contributed by atoms with Gasteiger partial charge in [-0.3, -0.25) is 0 Å². The summed E-state index contributed by atoms with van der Waals surface area (Å²) in [5, 5.41) is 7.98. The predicted molar refractivity (Wildman–Crippen MR) is 28.9 cm³/mol. The molecule has 0 aromatic rings. The van der Waals surface area contributed by atoms with Gasteiger partial charge in [0, 0.05) is 0 Å². The normalized spacial score (nSPS) is 24.9. The molecule has 0 amide bonds. The molecule has 9 heavy (non-hydrogen) atoms. The van der Waals surface area contributed by atoms with Gasteiger partial charge in [0.1, 0.15) is 5.83 Å². The van der Waals surface area contributed by atoms with Gasteiger partial charge in [0.05, 0.1) is 0 Å². The van der Waals surface area contributed by atoms with Crippen LogP contribution in [0.5, 0.6) is 0 Å². The molecule has 1 rings (SSSR count). The van der Waals surface area contributed by atoms with Crippen molar-refractivity contribution in [2.45, 2.75) is 18.9 Å². The Hall–Kier alpha value is -1.04. The van der Waals surface area contributed by atoms with Crippen LogP contribution in [0.2, 0.25) is 0 Å². The fourth-order valence-electron chi connectivity index (χ4n) is 0.821. The lowest BCUT2D eigenvalue weighted by atomic mass is 10.3. The molecule has 0 fully saturated rings. The number of nitrogens with zero attached hydrogens (tertiary/aromatic N) is 1. The molecule has 0 bridgehead atoms. The van der Waals surface area contributed by atoms with E-state index in [-0.39, 0.29) is 5.83 Å². The minimum atomic E-state index is -0.588. The van der Waals surface area contributed by atoms with Crippen molar-refractivity contribution in [3.63, 3.8) is 0 Å². The van der Waals surface area contributed by atoms with E-state index in [1.807, 2.05) is 0 Å². The summed E-state index contributed by atoms with van der Waals surface area (Å²) < 4.78 is 16.7. The molecule has 1 aliphatic rings. The molecule has 0 spiro atoms. The highest BCUT2D eigenvalue weighted by molar-refractivity contribution is 5.06. The summed E-state index contributed by atoms with van der Waals surface area (Å²) >= 11 is 0. The first-order valence-electron chi connectivity index (χ1n) is 2.75. The van der Waals surface area contributed by atoms with Crippen LogP contribution in [0.1, 0.15) is 12.8 Å². The first-order valence-corrected chi connectivity index (χ1v) is 2.75. The molecule has 1 unspecified atom stereocenters. The van der Waals surface area contributed by atoms with Gasteiger partial charge in [0.15, 0.2) is 6.10 Å². The Morgan fingerprint density at radius 2 is 2.67 bits per heavy atom. The molecule has 0 radical (unpaired) electrons. The molecule has 0 N–H and O–H groups in total. The lowest BCUT2D eigenvalue weighted by molar-refractivity contribution is 0.172. The minimum Gasteiger partial charge on any atom is -0.417 e. The van der Waals surface area contributed by atoms with Gasteiger partial charge in [0.2, 0.25) is 0 Å². The number of ether oxygens (including phenoxy) is 1. The second-order valence-corrected chi connectivity index (χ2v) is 1.86. The number of rotatable bonds is 1. The Labute approximate surface area is 52.5 Å². The number of allylic oxidation sites excluding steroid dienone is 1. The van der Waals surface area contributed by atoms with E-state index >= 15 is 0 Å². The Morgan fingerprint density at radius 1 is 1.89 bits per heavy atom. The van der Waals surface area contributed by atoms with Crippen molar-refractivity contribution in [3.05, 3.63) is 11.9 Å². The van der Waals surface area contributed by atoms with Crippen molar-refractivity contribution in [3.8, 4) is 6.26 Å². The molecule has 0 aromatic carbocycles. The third kappa shape index (κ3) is 1.20.